The Labute approximate surface area is 94.6 Å². The Hall–Kier alpha value is -1.13. The van der Waals surface area contributed by atoms with Crippen molar-refractivity contribution in [1.82, 2.24) is 5.32 Å². The molecule has 1 fully saturated rings. The molecule has 3 nitrogen and oxygen atoms in total. The zero-order valence-electron chi connectivity index (χ0n) is 9.12. The Morgan fingerprint density at radius 3 is 3.19 bits per heavy atom. The first kappa shape index (κ1) is 11.4. The number of hydrogen-bond donors (Lipinski definition) is 1. The Balaban J connectivity index is 1.64. The minimum atomic E-state index is -0.269. The summed E-state index contributed by atoms with van der Waals surface area (Å²) < 4.78 is 23.4. The zero-order chi connectivity index (χ0) is 11.2. The lowest BCUT2D eigenvalue weighted by Crippen LogP contribution is -2.32. The van der Waals surface area contributed by atoms with Crippen molar-refractivity contribution in [2.75, 3.05) is 26.4 Å². The van der Waals surface area contributed by atoms with E-state index in [1.54, 1.807) is 12.1 Å². The number of benzene rings is 1. The van der Waals surface area contributed by atoms with Gasteiger partial charge in [-0.05, 0) is 18.6 Å². The van der Waals surface area contributed by atoms with Gasteiger partial charge in [0.1, 0.15) is 18.2 Å². The van der Waals surface area contributed by atoms with Crippen molar-refractivity contribution in [2.45, 2.75) is 12.5 Å². The minimum absolute atomic E-state index is 0.269. The largest absolute Gasteiger partial charge is 0.492 e. The number of halogens is 1. The quantitative estimate of drug-likeness (QED) is 0.772. The fourth-order valence-corrected chi connectivity index (χ4v) is 1.68. The van der Waals surface area contributed by atoms with Crippen LogP contribution in [0.2, 0.25) is 0 Å². The molecule has 0 aromatic heterocycles. The van der Waals surface area contributed by atoms with Gasteiger partial charge in [0.15, 0.2) is 0 Å². The summed E-state index contributed by atoms with van der Waals surface area (Å²) in [6.45, 7) is 2.91. The summed E-state index contributed by atoms with van der Waals surface area (Å²) in [4.78, 5) is 0. The van der Waals surface area contributed by atoms with E-state index in [4.69, 9.17) is 9.47 Å². The highest BCUT2D eigenvalue weighted by atomic mass is 19.1. The maximum atomic E-state index is 12.8. The van der Waals surface area contributed by atoms with Crippen LogP contribution in [0.25, 0.3) is 0 Å². The van der Waals surface area contributed by atoms with Gasteiger partial charge in [-0.1, -0.05) is 6.07 Å². The van der Waals surface area contributed by atoms with Crippen LogP contribution >= 0.6 is 0 Å². The normalized spacial score (nSPS) is 19.9. The van der Waals surface area contributed by atoms with Crippen molar-refractivity contribution in [3.05, 3.63) is 30.1 Å². The van der Waals surface area contributed by atoms with E-state index in [0.29, 0.717) is 18.4 Å². The smallest absolute Gasteiger partial charge is 0.126 e. The molecule has 1 aromatic rings. The van der Waals surface area contributed by atoms with E-state index in [9.17, 15) is 4.39 Å². The van der Waals surface area contributed by atoms with E-state index in [1.807, 2.05) is 0 Å². The molecule has 0 amide bonds. The number of rotatable bonds is 5. The van der Waals surface area contributed by atoms with Crippen LogP contribution in [-0.4, -0.2) is 32.4 Å². The van der Waals surface area contributed by atoms with Gasteiger partial charge in [0.2, 0.25) is 0 Å². The van der Waals surface area contributed by atoms with Crippen LogP contribution < -0.4 is 10.1 Å². The van der Waals surface area contributed by atoms with Gasteiger partial charge < -0.3 is 14.8 Å². The Morgan fingerprint density at radius 2 is 2.44 bits per heavy atom. The number of hydrogen-bond acceptors (Lipinski definition) is 3. The fourth-order valence-electron chi connectivity index (χ4n) is 1.68. The van der Waals surface area contributed by atoms with Gasteiger partial charge in [-0.15, -0.1) is 0 Å². The Morgan fingerprint density at radius 1 is 1.50 bits per heavy atom. The summed E-state index contributed by atoms with van der Waals surface area (Å²) in [6, 6.07) is 6.63. The SMILES string of the molecule is Fc1cccc(OCCNC2CCOC2)c1. The second kappa shape index (κ2) is 5.82. The molecule has 1 atom stereocenters. The molecule has 0 radical (unpaired) electrons. The van der Waals surface area contributed by atoms with Gasteiger partial charge in [-0.25, -0.2) is 4.39 Å². The lowest BCUT2D eigenvalue weighted by atomic mass is 10.3. The first-order valence-corrected chi connectivity index (χ1v) is 5.54. The van der Waals surface area contributed by atoms with E-state index < -0.39 is 0 Å². The number of ether oxygens (including phenoxy) is 2. The predicted octanol–water partition coefficient (Wildman–Crippen LogP) is 1.58. The molecule has 4 heteroatoms. The average Bonchev–Trinajstić information content (AvgIpc) is 2.77. The van der Waals surface area contributed by atoms with Gasteiger partial charge in [-0.2, -0.15) is 0 Å². The van der Waals surface area contributed by atoms with E-state index in [0.717, 1.165) is 26.2 Å². The topological polar surface area (TPSA) is 30.5 Å². The molecule has 88 valence electrons. The molecule has 16 heavy (non-hydrogen) atoms. The standard InChI is InChI=1S/C12H16FNO2/c13-10-2-1-3-12(8-10)16-7-5-14-11-4-6-15-9-11/h1-3,8,11,14H,4-7,9H2. The number of nitrogens with one attached hydrogen (secondary N) is 1. The summed E-state index contributed by atoms with van der Waals surface area (Å²) in [5.41, 5.74) is 0. The van der Waals surface area contributed by atoms with Gasteiger partial charge >= 0.3 is 0 Å². The molecular formula is C12H16FNO2. The van der Waals surface area contributed by atoms with E-state index >= 15 is 0 Å². The Bertz CT molecular complexity index is 327. The summed E-state index contributed by atoms with van der Waals surface area (Å²) >= 11 is 0. The third-order valence-corrected chi connectivity index (χ3v) is 2.53. The predicted molar refractivity (Wildman–Crippen MR) is 59.1 cm³/mol. The van der Waals surface area contributed by atoms with E-state index in [2.05, 4.69) is 5.32 Å². The highest BCUT2D eigenvalue weighted by molar-refractivity contribution is 5.22. The van der Waals surface area contributed by atoms with Crippen LogP contribution in [0.1, 0.15) is 6.42 Å². The van der Waals surface area contributed by atoms with Gasteiger partial charge in [0.25, 0.3) is 0 Å². The highest BCUT2D eigenvalue weighted by Gasteiger charge is 2.13. The van der Waals surface area contributed by atoms with Crippen LogP contribution in [0, 0.1) is 5.82 Å². The second-order valence-electron chi connectivity index (χ2n) is 3.82. The minimum Gasteiger partial charge on any atom is -0.492 e. The van der Waals surface area contributed by atoms with Crippen LogP contribution in [0.3, 0.4) is 0 Å². The van der Waals surface area contributed by atoms with Crippen LogP contribution in [-0.2, 0) is 4.74 Å². The van der Waals surface area contributed by atoms with Gasteiger partial charge in [0.05, 0.1) is 6.61 Å². The van der Waals surface area contributed by atoms with Crippen LogP contribution in [0.4, 0.5) is 4.39 Å². The van der Waals surface area contributed by atoms with Crippen LogP contribution in [0.15, 0.2) is 24.3 Å². The van der Waals surface area contributed by atoms with Crippen molar-refractivity contribution in [3.63, 3.8) is 0 Å². The molecule has 1 aliphatic heterocycles. The summed E-state index contributed by atoms with van der Waals surface area (Å²) in [5, 5.41) is 3.32. The molecule has 0 aliphatic carbocycles. The van der Waals surface area contributed by atoms with Crippen molar-refractivity contribution >= 4 is 0 Å². The van der Waals surface area contributed by atoms with E-state index in [-0.39, 0.29) is 5.82 Å². The first-order chi connectivity index (χ1) is 7.84. The van der Waals surface area contributed by atoms with Crippen molar-refractivity contribution < 1.29 is 13.9 Å². The van der Waals surface area contributed by atoms with Crippen molar-refractivity contribution in [2.24, 2.45) is 0 Å². The molecule has 0 saturated carbocycles. The molecular weight excluding hydrogens is 209 g/mol. The maximum Gasteiger partial charge on any atom is 0.126 e. The van der Waals surface area contributed by atoms with E-state index in [1.165, 1.54) is 12.1 Å². The molecule has 0 spiro atoms. The first-order valence-electron chi connectivity index (χ1n) is 5.54. The van der Waals surface area contributed by atoms with Crippen molar-refractivity contribution in [1.29, 1.82) is 0 Å². The molecule has 1 saturated heterocycles. The lowest BCUT2D eigenvalue weighted by molar-refractivity contribution is 0.188. The molecule has 1 aliphatic rings. The summed E-state index contributed by atoms with van der Waals surface area (Å²) in [6.07, 6.45) is 1.06. The molecule has 0 bridgehead atoms. The fraction of sp³-hybridized carbons (Fsp3) is 0.500. The molecule has 1 N–H and O–H groups in total. The summed E-state index contributed by atoms with van der Waals surface area (Å²) in [5.74, 6) is 0.305. The van der Waals surface area contributed by atoms with Gasteiger partial charge in [-0.3, -0.25) is 0 Å². The Kier molecular flexibility index (Phi) is 4.13. The average molecular weight is 225 g/mol. The summed E-state index contributed by atoms with van der Waals surface area (Å²) in [7, 11) is 0. The second-order valence-corrected chi connectivity index (χ2v) is 3.82. The molecule has 2 rings (SSSR count). The molecule has 1 aromatic carbocycles. The van der Waals surface area contributed by atoms with Gasteiger partial charge in [0, 0.05) is 25.3 Å². The van der Waals surface area contributed by atoms with Crippen molar-refractivity contribution in [3.8, 4) is 5.75 Å². The molecule has 1 heterocycles. The zero-order valence-corrected chi connectivity index (χ0v) is 9.12. The molecule has 1 unspecified atom stereocenters. The van der Waals surface area contributed by atoms with Crippen LogP contribution in [0.5, 0.6) is 5.75 Å². The highest BCUT2D eigenvalue weighted by Crippen LogP contribution is 2.11. The third kappa shape index (κ3) is 3.47. The maximum absolute atomic E-state index is 12.8. The monoisotopic (exact) mass is 225 g/mol. The lowest BCUT2D eigenvalue weighted by Gasteiger charge is -2.11. The third-order valence-electron chi connectivity index (χ3n) is 2.53.